The highest BCUT2D eigenvalue weighted by Crippen LogP contribution is 2.29. The molecule has 0 bridgehead atoms. The van der Waals surface area contributed by atoms with E-state index in [2.05, 4.69) is 5.10 Å². The predicted octanol–water partition coefficient (Wildman–Crippen LogP) is 3.66. The third kappa shape index (κ3) is 4.77. The van der Waals surface area contributed by atoms with E-state index in [0.29, 0.717) is 24.7 Å². The summed E-state index contributed by atoms with van der Waals surface area (Å²) in [4.78, 5) is 13.2. The topological polar surface area (TPSA) is 78.8 Å². The fourth-order valence-corrected chi connectivity index (χ4v) is 3.12. The average molecular weight is 383 g/mol. The number of nitrogens with two attached hydrogens (primary N) is 1. The lowest BCUT2D eigenvalue weighted by Gasteiger charge is -2.12. The number of aromatic nitrogens is 1. The first kappa shape index (κ1) is 18.7. The first-order valence-corrected chi connectivity index (χ1v) is 9.40. The number of thiophene rings is 1. The van der Waals surface area contributed by atoms with Gasteiger partial charge in [0, 0.05) is 10.9 Å². The van der Waals surface area contributed by atoms with Crippen molar-refractivity contribution in [3.05, 3.63) is 74.2 Å². The standard InChI is InChI=1S/C20H21N3O3S/c1-3-25-18-11-15(6-7-17(18)26-13-16-5-4-8-27-16)12-22-23-19(21)9-14(2)10-20(23)24/h4-12H,3,13,21H2,1-2H3. The van der Waals surface area contributed by atoms with E-state index < -0.39 is 0 Å². The van der Waals surface area contributed by atoms with Crippen LogP contribution < -0.4 is 20.8 Å². The second-order valence-corrected chi connectivity index (χ2v) is 6.89. The molecule has 0 spiro atoms. The van der Waals surface area contributed by atoms with Gasteiger partial charge in [-0.25, -0.2) is 0 Å². The molecule has 6 nitrogen and oxygen atoms in total. The summed E-state index contributed by atoms with van der Waals surface area (Å²) in [5, 5.41) is 6.21. The number of hydrogen-bond donors (Lipinski definition) is 1. The fourth-order valence-electron chi connectivity index (χ4n) is 2.50. The highest BCUT2D eigenvalue weighted by molar-refractivity contribution is 7.09. The minimum absolute atomic E-state index is 0.273. The molecule has 3 rings (SSSR count). The Hall–Kier alpha value is -3.06. The molecule has 0 amide bonds. The Balaban J connectivity index is 1.82. The maximum atomic E-state index is 12.0. The van der Waals surface area contributed by atoms with Gasteiger partial charge in [0.2, 0.25) is 0 Å². The van der Waals surface area contributed by atoms with Crippen LogP contribution in [-0.4, -0.2) is 17.5 Å². The number of ether oxygens (including phenoxy) is 2. The van der Waals surface area contributed by atoms with Gasteiger partial charge in [-0.3, -0.25) is 4.79 Å². The zero-order chi connectivity index (χ0) is 19.2. The van der Waals surface area contributed by atoms with Crippen molar-refractivity contribution in [2.75, 3.05) is 12.3 Å². The number of nitrogens with zero attached hydrogens (tertiary/aromatic N) is 2. The molecule has 0 saturated carbocycles. The largest absolute Gasteiger partial charge is 0.490 e. The number of nitrogen functional groups attached to an aromatic ring is 1. The highest BCUT2D eigenvalue weighted by Gasteiger charge is 2.07. The van der Waals surface area contributed by atoms with Gasteiger partial charge in [0.1, 0.15) is 12.4 Å². The molecular formula is C20H21N3O3S. The Labute approximate surface area is 161 Å². The van der Waals surface area contributed by atoms with Crippen LogP contribution in [0.2, 0.25) is 0 Å². The first-order valence-electron chi connectivity index (χ1n) is 8.52. The molecule has 0 fully saturated rings. The molecule has 0 aliphatic heterocycles. The monoisotopic (exact) mass is 383 g/mol. The van der Waals surface area contributed by atoms with Gasteiger partial charge in [-0.2, -0.15) is 9.78 Å². The van der Waals surface area contributed by atoms with Crippen molar-refractivity contribution in [1.29, 1.82) is 0 Å². The summed E-state index contributed by atoms with van der Waals surface area (Å²) in [6.45, 7) is 4.73. The summed E-state index contributed by atoms with van der Waals surface area (Å²) < 4.78 is 12.7. The minimum atomic E-state index is -0.273. The summed E-state index contributed by atoms with van der Waals surface area (Å²) in [6.07, 6.45) is 1.57. The maximum Gasteiger partial charge on any atom is 0.273 e. The lowest BCUT2D eigenvalue weighted by molar-refractivity contribution is 0.271. The number of hydrogen-bond acceptors (Lipinski definition) is 6. The molecule has 0 radical (unpaired) electrons. The van der Waals surface area contributed by atoms with Crippen molar-refractivity contribution < 1.29 is 9.47 Å². The molecule has 27 heavy (non-hydrogen) atoms. The summed E-state index contributed by atoms with van der Waals surface area (Å²) in [5.41, 5.74) is 7.18. The van der Waals surface area contributed by atoms with Crippen LogP contribution in [0.15, 0.2) is 57.7 Å². The summed E-state index contributed by atoms with van der Waals surface area (Å²) in [6, 6.07) is 12.7. The van der Waals surface area contributed by atoms with Crippen LogP contribution in [0.5, 0.6) is 11.5 Å². The van der Waals surface area contributed by atoms with Crippen LogP contribution in [0.4, 0.5) is 5.82 Å². The lowest BCUT2D eigenvalue weighted by atomic mass is 10.2. The van der Waals surface area contributed by atoms with Crippen LogP contribution in [0.3, 0.4) is 0 Å². The number of rotatable bonds is 7. The average Bonchev–Trinajstić information content (AvgIpc) is 3.14. The van der Waals surface area contributed by atoms with E-state index in [4.69, 9.17) is 15.2 Å². The van der Waals surface area contributed by atoms with E-state index in [1.165, 1.54) is 6.07 Å². The molecule has 7 heteroatoms. The van der Waals surface area contributed by atoms with E-state index in [1.807, 2.05) is 49.6 Å². The molecular weight excluding hydrogens is 362 g/mol. The highest BCUT2D eigenvalue weighted by atomic mass is 32.1. The fraction of sp³-hybridized carbons (Fsp3) is 0.200. The summed E-state index contributed by atoms with van der Waals surface area (Å²) in [5.74, 6) is 1.58. The molecule has 3 aromatic rings. The maximum absolute atomic E-state index is 12.0. The van der Waals surface area contributed by atoms with Crippen molar-refractivity contribution in [1.82, 2.24) is 4.68 Å². The van der Waals surface area contributed by atoms with Crippen molar-refractivity contribution in [2.24, 2.45) is 5.10 Å². The van der Waals surface area contributed by atoms with Gasteiger partial charge >= 0.3 is 0 Å². The van der Waals surface area contributed by atoms with Crippen LogP contribution in [-0.2, 0) is 6.61 Å². The zero-order valence-electron chi connectivity index (χ0n) is 15.2. The Kier molecular flexibility index (Phi) is 5.93. The zero-order valence-corrected chi connectivity index (χ0v) is 16.0. The Morgan fingerprint density at radius 3 is 2.74 bits per heavy atom. The molecule has 2 aromatic heterocycles. The second kappa shape index (κ2) is 8.55. The van der Waals surface area contributed by atoms with E-state index in [1.54, 1.807) is 23.6 Å². The molecule has 140 valence electrons. The van der Waals surface area contributed by atoms with Gasteiger partial charge in [0.25, 0.3) is 5.56 Å². The number of pyridine rings is 1. The van der Waals surface area contributed by atoms with Gasteiger partial charge in [0.15, 0.2) is 11.5 Å². The quantitative estimate of drug-likeness (QED) is 0.632. The van der Waals surface area contributed by atoms with Gasteiger partial charge in [-0.15, -0.1) is 11.3 Å². The summed E-state index contributed by atoms with van der Waals surface area (Å²) >= 11 is 1.64. The normalized spacial score (nSPS) is 11.0. The third-order valence-corrected chi connectivity index (χ3v) is 4.57. The van der Waals surface area contributed by atoms with Crippen molar-refractivity contribution in [2.45, 2.75) is 20.5 Å². The number of anilines is 1. The van der Waals surface area contributed by atoms with Crippen LogP contribution >= 0.6 is 11.3 Å². The minimum Gasteiger partial charge on any atom is -0.490 e. The molecule has 0 aliphatic carbocycles. The SMILES string of the molecule is CCOc1cc(C=Nn2c(N)cc(C)cc2=O)ccc1OCc1cccs1. The Bertz CT molecular complexity index is 994. The molecule has 0 atom stereocenters. The Morgan fingerprint density at radius 1 is 1.19 bits per heavy atom. The van der Waals surface area contributed by atoms with E-state index >= 15 is 0 Å². The smallest absolute Gasteiger partial charge is 0.273 e. The van der Waals surface area contributed by atoms with E-state index in [-0.39, 0.29) is 11.4 Å². The third-order valence-electron chi connectivity index (χ3n) is 3.72. The molecule has 2 heterocycles. The molecule has 0 aliphatic rings. The van der Waals surface area contributed by atoms with Crippen LogP contribution in [0.25, 0.3) is 0 Å². The van der Waals surface area contributed by atoms with Gasteiger partial charge in [-0.1, -0.05) is 6.07 Å². The number of aryl methyl sites for hydroxylation is 1. The Morgan fingerprint density at radius 2 is 2.04 bits per heavy atom. The first-order chi connectivity index (χ1) is 13.1. The summed E-state index contributed by atoms with van der Waals surface area (Å²) in [7, 11) is 0. The predicted molar refractivity (Wildman–Crippen MR) is 109 cm³/mol. The molecule has 1 aromatic carbocycles. The van der Waals surface area contributed by atoms with E-state index in [0.717, 1.165) is 20.7 Å². The van der Waals surface area contributed by atoms with Gasteiger partial charge in [-0.05, 0) is 60.7 Å². The second-order valence-electron chi connectivity index (χ2n) is 5.86. The molecule has 2 N–H and O–H groups in total. The van der Waals surface area contributed by atoms with Crippen LogP contribution in [0, 0.1) is 6.92 Å². The number of benzene rings is 1. The van der Waals surface area contributed by atoms with Gasteiger partial charge in [0.05, 0.1) is 12.8 Å². The molecule has 0 unspecified atom stereocenters. The lowest BCUT2D eigenvalue weighted by Crippen LogP contribution is -2.19. The van der Waals surface area contributed by atoms with Gasteiger partial charge < -0.3 is 15.2 Å². The molecule has 0 saturated heterocycles. The van der Waals surface area contributed by atoms with Crippen molar-refractivity contribution in [3.8, 4) is 11.5 Å². The van der Waals surface area contributed by atoms with Crippen LogP contribution in [0.1, 0.15) is 22.9 Å². The van der Waals surface area contributed by atoms with Crippen molar-refractivity contribution in [3.63, 3.8) is 0 Å². The van der Waals surface area contributed by atoms with E-state index in [9.17, 15) is 4.79 Å². The van der Waals surface area contributed by atoms with Crippen molar-refractivity contribution >= 4 is 23.4 Å².